The van der Waals surface area contributed by atoms with E-state index in [2.05, 4.69) is 12.1 Å². The van der Waals surface area contributed by atoms with Gasteiger partial charge in [-0.15, -0.1) is 5.16 Å². The van der Waals surface area contributed by atoms with Gasteiger partial charge in [-0.1, -0.05) is 84.0 Å². The molecule has 0 spiro atoms. The van der Waals surface area contributed by atoms with E-state index in [1.807, 2.05) is 0 Å². The maximum atomic E-state index is 8.23. The lowest BCUT2D eigenvalue weighted by molar-refractivity contribution is 0.320. The summed E-state index contributed by atoms with van der Waals surface area (Å²) in [5.74, 6) is 0. The quantitative estimate of drug-likeness (QED) is 0.177. The van der Waals surface area contributed by atoms with E-state index in [-0.39, 0.29) is 0 Å². The molecule has 0 bridgehead atoms. The van der Waals surface area contributed by atoms with Crippen LogP contribution in [0, 0.1) is 0 Å². The summed E-state index contributed by atoms with van der Waals surface area (Å²) < 4.78 is 0. The molecule has 0 aliphatic rings. The highest BCUT2D eigenvalue weighted by molar-refractivity contribution is 5.55. The summed E-state index contributed by atoms with van der Waals surface area (Å²) in [7, 11) is 0. The number of nitrogens with zero attached hydrogens (tertiary/aromatic N) is 1. The Kier molecular flexibility index (Phi) is 16.0. The molecule has 0 aromatic heterocycles. The van der Waals surface area contributed by atoms with Gasteiger partial charge in [-0.25, -0.2) is 0 Å². The van der Waals surface area contributed by atoms with Crippen molar-refractivity contribution in [1.29, 1.82) is 0 Å². The Balaban J connectivity index is 2.90. The zero-order valence-corrected chi connectivity index (χ0v) is 12.4. The van der Waals surface area contributed by atoms with Gasteiger partial charge in [-0.2, -0.15) is 0 Å². The minimum Gasteiger partial charge on any atom is -0.411 e. The van der Waals surface area contributed by atoms with E-state index in [1.165, 1.54) is 83.5 Å². The van der Waals surface area contributed by atoms with Crippen LogP contribution in [0.3, 0.4) is 0 Å². The summed E-state index contributed by atoms with van der Waals surface area (Å²) in [5, 5.41) is 11.2. The van der Waals surface area contributed by atoms with Crippen molar-refractivity contribution in [1.82, 2.24) is 0 Å². The van der Waals surface area contributed by atoms with Crippen LogP contribution in [0.5, 0.6) is 0 Å². The Morgan fingerprint density at radius 3 is 1.44 bits per heavy atom. The van der Waals surface area contributed by atoms with Gasteiger partial charge >= 0.3 is 0 Å². The highest BCUT2D eigenvalue weighted by atomic mass is 16.4. The van der Waals surface area contributed by atoms with E-state index in [0.717, 1.165) is 6.42 Å². The lowest BCUT2D eigenvalue weighted by atomic mass is 10.0. The van der Waals surface area contributed by atoms with E-state index in [1.54, 1.807) is 6.21 Å². The third-order valence-electron chi connectivity index (χ3n) is 3.52. The lowest BCUT2D eigenvalue weighted by Gasteiger charge is -2.02. The third kappa shape index (κ3) is 15.5. The molecule has 0 aliphatic heterocycles. The minimum absolute atomic E-state index is 0.925. The van der Waals surface area contributed by atoms with Gasteiger partial charge in [0, 0.05) is 6.21 Å². The van der Waals surface area contributed by atoms with Crippen molar-refractivity contribution in [3.05, 3.63) is 0 Å². The highest BCUT2D eigenvalue weighted by Crippen LogP contribution is 2.12. The van der Waals surface area contributed by atoms with Crippen LogP contribution in [-0.4, -0.2) is 11.4 Å². The smallest absolute Gasteiger partial charge is 0.0435 e. The van der Waals surface area contributed by atoms with Crippen molar-refractivity contribution in [2.24, 2.45) is 5.16 Å². The molecule has 0 aromatic rings. The summed E-state index contributed by atoms with van der Waals surface area (Å²) >= 11 is 0. The summed E-state index contributed by atoms with van der Waals surface area (Å²) in [4.78, 5) is 0. The Morgan fingerprint density at radius 2 is 1.06 bits per heavy atom. The van der Waals surface area contributed by atoms with E-state index >= 15 is 0 Å². The molecule has 108 valence electrons. The van der Waals surface area contributed by atoms with Crippen LogP contribution < -0.4 is 0 Å². The lowest BCUT2D eigenvalue weighted by Crippen LogP contribution is -1.83. The van der Waals surface area contributed by atoms with Gasteiger partial charge < -0.3 is 5.21 Å². The maximum absolute atomic E-state index is 8.23. The molecule has 0 atom stereocenters. The standard InChI is InChI=1S/C16H33NO/c1-2-3-4-5-6-7-8-9-10-11-12-13-14-15-16-17-18/h16,18H,2-15H2,1H3/b17-16+. The Labute approximate surface area is 114 Å². The fraction of sp³-hybridized carbons (Fsp3) is 0.938. The van der Waals surface area contributed by atoms with Gasteiger partial charge in [0.05, 0.1) is 0 Å². The number of unbranched alkanes of at least 4 members (excludes halogenated alkanes) is 13. The normalized spacial score (nSPS) is 11.4. The van der Waals surface area contributed by atoms with Crippen molar-refractivity contribution in [2.45, 2.75) is 96.8 Å². The van der Waals surface area contributed by atoms with Crippen LogP contribution in [0.2, 0.25) is 0 Å². The SMILES string of the molecule is CCCCCCCCCCCCCCC/C=N/O. The molecule has 0 amide bonds. The van der Waals surface area contributed by atoms with Crippen molar-refractivity contribution < 1.29 is 5.21 Å². The van der Waals surface area contributed by atoms with E-state index in [9.17, 15) is 0 Å². The molecule has 0 rings (SSSR count). The second-order valence-corrected chi connectivity index (χ2v) is 5.33. The van der Waals surface area contributed by atoms with Crippen molar-refractivity contribution >= 4 is 6.21 Å². The molecule has 0 aliphatic carbocycles. The van der Waals surface area contributed by atoms with Crippen LogP contribution >= 0.6 is 0 Å². The zero-order valence-electron chi connectivity index (χ0n) is 12.4. The molecule has 0 aromatic carbocycles. The molecular formula is C16H33NO. The topological polar surface area (TPSA) is 32.6 Å². The minimum atomic E-state index is 0.925. The summed E-state index contributed by atoms with van der Waals surface area (Å²) in [6.07, 6.45) is 20.5. The fourth-order valence-electron chi connectivity index (χ4n) is 2.31. The van der Waals surface area contributed by atoms with E-state index < -0.39 is 0 Å². The first kappa shape index (κ1) is 17.5. The summed E-state index contributed by atoms with van der Waals surface area (Å²) in [6, 6.07) is 0. The van der Waals surface area contributed by atoms with Gasteiger partial charge in [0.1, 0.15) is 0 Å². The van der Waals surface area contributed by atoms with Crippen LogP contribution in [-0.2, 0) is 0 Å². The Bertz CT molecular complexity index is 168. The first-order valence-electron chi connectivity index (χ1n) is 8.07. The Hall–Kier alpha value is -0.530. The average Bonchev–Trinajstić information content (AvgIpc) is 2.39. The molecule has 0 heterocycles. The molecular weight excluding hydrogens is 222 g/mol. The molecule has 2 heteroatoms. The second kappa shape index (κ2) is 16.5. The molecule has 0 saturated carbocycles. The molecule has 0 fully saturated rings. The molecule has 1 N–H and O–H groups in total. The van der Waals surface area contributed by atoms with E-state index in [4.69, 9.17) is 5.21 Å². The van der Waals surface area contributed by atoms with Crippen molar-refractivity contribution in [3.63, 3.8) is 0 Å². The van der Waals surface area contributed by atoms with Crippen LogP contribution in [0.25, 0.3) is 0 Å². The third-order valence-corrected chi connectivity index (χ3v) is 3.52. The molecule has 0 saturated heterocycles. The molecule has 2 nitrogen and oxygen atoms in total. The highest BCUT2D eigenvalue weighted by Gasteiger charge is 1.93. The predicted molar refractivity (Wildman–Crippen MR) is 80.6 cm³/mol. The number of rotatable bonds is 14. The fourth-order valence-corrected chi connectivity index (χ4v) is 2.31. The predicted octanol–water partition coefficient (Wildman–Crippen LogP) is 5.93. The van der Waals surface area contributed by atoms with Gasteiger partial charge in [0.25, 0.3) is 0 Å². The number of hydrogen-bond donors (Lipinski definition) is 1. The van der Waals surface area contributed by atoms with Crippen LogP contribution in [0.15, 0.2) is 5.16 Å². The van der Waals surface area contributed by atoms with Gasteiger partial charge in [0.2, 0.25) is 0 Å². The van der Waals surface area contributed by atoms with Gasteiger partial charge in [-0.3, -0.25) is 0 Å². The first-order chi connectivity index (χ1) is 8.91. The second-order valence-electron chi connectivity index (χ2n) is 5.33. The largest absolute Gasteiger partial charge is 0.411 e. The van der Waals surface area contributed by atoms with Gasteiger partial charge in [0.15, 0.2) is 0 Å². The van der Waals surface area contributed by atoms with Crippen LogP contribution in [0.1, 0.15) is 96.8 Å². The summed E-state index contributed by atoms with van der Waals surface area (Å²) in [6.45, 7) is 2.27. The molecule has 18 heavy (non-hydrogen) atoms. The van der Waals surface area contributed by atoms with Crippen molar-refractivity contribution in [2.75, 3.05) is 0 Å². The average molecular weight is 255 g/mol. The number of oxime groups is 1. The molecule has 0 unspecified atom stereocenters. The summed E-state index contributed by atoms with van der Waals surface area (Å²) in [5.41, 5.74) is 0. The molecule has 0 radical (unpaired) electrons. The monoisotopic (exact) mass is 255 g/mol. The van der Waals surface area contributed by atoms with Gasteiger partial charge in [-0.05, 0) is 12.8 Å². The van der Waals surface area contributed by atoms with Crippen LogP contribution in [0.4, 0.5) is 0 Å². The first-order valence-corrected chi connectivity index (χ1v) is 8.07. The maximum Gasteiger partial charge on any atom is 0.0435 e. The van der Waals surface area contributed by atoms with Crippen molar-refractivity contribution in [3.8, 4) is 0 Å². The Morgan fingerprint density at radius 1 is 0.667 bits per heavy atom. The zero-order chi connectivity index (χ0) is 13.3. The van der Waals surface area contributed by atoms with E-state index in [0.29, 0.717) is 0 Å². The number of hydrogen-bond acceptors (Lipinski definition) is 2.